The van der Waals surface area contributed by atoms with Gasteiger partial charge in [0, 0.05) is 36.8 Å². The van der Waals surface area contributed by atoms with Gasteiger partial charge in [0.05, 0.1) is 4.90 Å². The van der Waals surface area contributed by atoms with Crippen molar-refractivity contribution in [3.8, 4) is 0 Å². The van der Waals surface area contributed by atoms with E-state index in [9.17, 15) is 13.2 Å². The highest BCUT2D eigenvalue weighted by atomic mass is 35.5. The number of carbonyl (C=O) groups is 1. The van der Waals surface area contributed by atoms with Crippen LogP contribution in [0.3, 0.4) is 0 Å². The van der Waals surface area contributed by atoms with Crippen molar-refractivity contribution in [1.82, 2.24) is 9.62 Å². The normalized spacial score (nSPS) is 15.1. The molecule has 0 fully saturated rings. The van der Waals surface area contributed by atoms with E-state index in [1.54, 1.807) is 23.1 Å². The molecular weight excluding hydrogens is 434 g/mol. The molecule has 1 aliphatic heterocycles. The van der Waals surface area contributed by atoms with Gasteiger partial charge in [-0.2, -0.15) is 0 Å². The number of hydrogen-bond donors (Lipinski definition) is 1. The third-order valence-electron chi connectivity index (χ3n) is 5.84. The van der Waals surface area contributed by atoms with Crippen LogP contribution in [0, 0.1) is 0 Å². The molecule has 1 atom stereocenters. The largest absolute Gasteiger partial charge is 0.312 e. The van der Waals surface area contributed by atoms with E-state index in [-0.39, 0.29) is 23.4 Å². The zero-order valence-electron chi connectivity index (χ0n) is 18.3. The van der Waals surface area contributed by atoms with Crippen molar-refractivity contribution in [2.24, 2.45) is 0 Å². The van der Waals surface area contributed by atoms with Gasteiger partial charge in [-0.25, -0.2) is 13.1 Å². The average Bonchev–Trinajstić information content (AvgIpc) is 2.76. The Kier molecular flexibility index (Phi) is 7.75. The molecule has 0 spiro atoms. The van der Waals surface area contributed by atoms with Gasteiger partial charge in [0.1, 0.15) is 0 Å². The van der Waals surface area contributed by atoms with Gasteiger partial charge in [0.25, 0.3) is 0 Å². The maximum Gasteiger partial charge on any atom is 0.240 e. The van der Waals surface area contributed by atoms with Crippen LogP contribution in [0.25, 0.3) is 0 Å². The molecule has 0 aliphatic carbocycles. The lowest BCUT2D eigenvalue weighted by atomic mass is 10.0. The van der Waals surface area contributed by atoms with Crippen molar-refractivity contribution in [3.63, 3.8) is 0 Å². The minimum atomic E-state index is -3.72. The number of nitrogens with one attached hydrogen (secondary N) is 1. The van der Waals surface area contributed by atoms with Gasteiger partial charge in [-0.3, -0.25) is 9.69 Å². The topological polar surface area (TPSA) is 69.7 Å². The summed E-state index contributed by atoms with van der Waals surface area (Å²) in [5.41, 5.74) is 2.59. The number of amides is 1. The summed E-state index contributed by atoms with van der Waals surface area (Å²) >= 11 is 6.43. The Balaban J connectivity index is 1.85. The number of fused-ring (bicyclic) bond motifs is 1. The van der Waals surface area contributed by atoms with Crippen molar-refractivity contribution < 1.29 is 13.2 Å². The van der Waals surface area contributed by atoms with E-state index in [1.165, 1.54) is 6.92 Å². The predicted octanol–water partition coefficient (Wildman–Crippen LogP) is 4.00. The lowest BCUT2D eigenvalue weighted by Gasteiger charge is -2.31. The molecule has 2 aromatic carbocycles. The summed E-state index contributed by atoms with van der Waals surface area (Å²) in [6, 6.07) is 12.4. The molecular formula is C23H30ClN3O3S. The van der Waals surface area contributed by atoms with Crippen LogP contribution in [0.1, 0.15) is 44.4 Å². The second-order valence-electron chi connectivity index (χ2n) is 7.68. The highest BCUT2D eigenvalue weighted by Crippen LogP contribution is 2.30. The van der Waals surface area contributed by atoms with E-state index in [0.717, 1.165) is 42.7 Å². The number of sulfonamides is 1. The smallest absolute Gasteiger partial charge is 0.240 e. The molecule has 0 saturated carbocycles. The molecule has 0 unspecified atom stereocenters. The van der Waals surface area contributed by atoms with Gasteiger partial charge in [-0.05, 0) is 61.3 Å². The summed E-state index contributed by atoms with van der Waals surface area (Å²) in [5, 5.41) is 0.622. The highest BCUT2D eigenvalue weighted by Gasteiger charge is 2.26. The fraction of sp³-hybridized carbons (Fsp3) is 0.435. The van der Waals surface area contributed by atoms with Crippen molar-refractivity contribution >= 4 is 33.2 Å². The summed E-state index contributed by atoms with van der Waals surface area (Å²) in [5.74, 6) is -0.0310. The monoisotopic (exact) mass is 463 g/mol. The zero-order chi connectivity index (χ0) is 22.6. The first-order valence-corrected chi connectivity index (χ1v) is 12.5. The Morgan fingerprint density at radius 3 is 2.55 bits per heavy atom. The molecule has 0 aromatic heterocycles. The number of anilines is 1. The fourth-order valence-electron chi connectivity index (χ4n) is 4.19. The van der Waals surface area contributed by atoms with Crippen molar-refractivity contribution in [3.05, 3.63) is 58.6 Å². The first-order chi connectivity index (χ1) is 14.8. The minimum Gasteiger partial charge on any atom is -0.312 e. The number of nitrogens with zero attached hydrogens (tertiary/aromatic N) is 2. The molecule has 168 valence electrons. The Morgan fingerprint density at radius 1 is 1.19 bits per heavy atom. The van der Waals surface area contributed by atoms with Crippen molar-refractivity contribution in [1.29, 1.82) is 0 Å². The van der Waals surface area contributed by atoms with E-state index in [1.807, 2.05) is 38.1 Å². The van der Waals surface area contributed by atoms with Gasteiger partial charge >= 0.3 is 0 Å². The Bertz CT molecular complexity index is 1040. The Labute approximate surface area is 190 Å². The number of rotatable bonds is 8. The first-order valence-electron chi connectivity index (χ1n) is 10.7. The van der Waals surface area contributed by atoms with Crippen LogP contribution < -0.4 is 9.62 Å². The summed E-state index contributed by atoms with van der Waals surface area (Å²) < 4.78 is 29.0. The number of likely N-dealkylation sites (N-methyl/N-ethyl adjacent to an activating group) is 1. The molecule has 1 aliphatic rings. The summed E-state index contributed by atoms with van der Waals surface area (Å²) in [7, 11) is -3.72. The SMILES string of the molecule is CCN(CC)[C@@H](CNS(=O)(=O)c1ccc2c(c1)CCCN2C(C)=O)c1ccccc1Cl. The maximum absolute atomic E-state index is 13.1. The molecule has 1 N–H and O–H groups in total. The molecule has 8 heteroatoms. The lowest BCUT2D eigenvalue weighted by Crippen LogP contribution is -2.38. The highest BCUT2D eigenvalue weighted by molar-refractivity contribution is 7.89. The van der Waals surface area contributed by atoms with Crippen molar-refractivity contribution in [2.45, 2.75) is 44.6 Å². The van der Waals surface area contributed by atoms with Gasteiger partial charge in [0.2, 0.25) is 15.9 Å². The molecule has 0 saturated heterocycles. The van der Waals surface area contributed by atoms with Gasteiger partial charge in [0.15, 0.2) is 0 Å². The lowest BCUT2D eigenvalue weighted by molar-refractivity contribution is -0.116. The van der Waals surface area contributed by atoms with Crippen LogP contribution in [0.2, 0.25) is 5.02 Å². The third-order valence-corrected chi connectivity index (χ3v) is 7.61. The first kappa shape index (κ1) is 23.7. The molecule has 31 heavy (non-hydrogen) atoms. The Hall–Kier alpha value is -1.93. The number of hydrogen-bond acceptors (Lipinski definition) is 4. The number of aryl methyl sites for hydroxylation is 1. The van der Waals surface area contributed by atoms with Gasteiger partial charge in [-0.1, -0.05) is 43.6 Å². The fourth-order valence-corrected chi connectivity index (χ4v) is 5.54. The maximum atomic E-state index is 13.1. The molecule has 2 aromatic rings. The van der Waals surface area contributed by atoms with E-state index in [2.05, 4.69) is 9.62 Å². The number of benzene rings is 2. The predicted molar refractivity (Wildman–Crippen MR) is 125 cm³/mol. The molecule has 6 nitrogen and oxygen atoms in total. The summed E-state index contributed by atoms with van der Waals surface area (Å²) in [4.78, 5) is 16.0. The number of halogens is 1. The average molecular weight is 464 g/mol. The summed E-state index contributed by atoms with van der Waals surface area (Å²) in [6.07, 6.45) is 1.57. The number of carbonyl (C=O) groups excluding carboxylic acids is 1. The van der Waals surface area contributed by atoms with Crippen LogP contribution in [-0.2, 0) is 21.2 Å². The molecule has 1 heterocycles. The second kappa shape index (κ2) is 10.1. The zero-order valence-corrected chi connectivity index (χ0v) is 19.8. The van der Waals surface area contributed by atoms with Crippen molar-refractivity contribution in [2.75, 3.05) is 31.1 Å². The third kappa shape index (κ3) is 5.29. The van der Waals surface area contributed by atoms with E-state index < -0.39 is 10.0 Å². The van der Waals surface area contributed by atoms with Crippen LogP contribution >= 0.6 is 11.6 Å². The van der Waals surface area contributed by atoms with Crippen LogP contribution in [0.4, 0.5) is 5.69 Å². The van der Waals surface area contributed by atoms with E-state index in [4.69, 9.17) is 11.6 Å². The van der Waals surface area contributed by atoms with E-state index in [0.29, 0.717) is 11.6 Å². The standard InChI is InChI=1S/C23H30ClN3O3S/c1-4-26(5-2)23(20-10-6-7-11-21(20)24)16-25-31(29,30)19-12-13-22-18(15-19)9-8-14-27(22)17(3)28/h6-7,10-13,15,23,25H,4-5,8-9,14,16H2,1-3H3/t23-/m0/s1. The van der Waals surface area contributed by atoms with Crippen LogP contribution in [0.5, 0.6) is 0 Å². The quantitative estimate of drug-likeness (QED) is 0.642. The van der Waals surface area contributed by atoms with Gasteiger partial charge < -0.3 is 4.90 Å². The van der Waals surface area contributed by atoms with Crippen LogP contribution in [-0.4, -0.2) is 45.4 Å². The molecule has 0 radical (unpaired) electrons. The molecule has 0 bridgehead atoms. The Morgan fingerprint density at radius 2 is 1.90 bits per heavy atom. The molecule has 1 amide bonds. The second-order valence-corrected chi connectivity index (χ2v) is 9.85. The van der Waals surface area contributed by atoms with E-state index >= 15 is 0 Å². The van der Waals surface area contributed by atoms with Gasteiger partial charge in [-0.15, -0.1) is 0 Å². The molecule has 3 rings (SSSR count). The minimum absolute atomic E-state index is 0.0310. The van der Waals surface area contributed by atoms with Crippen LogP contribution in [0.15, 0.2) is 47.4 Å². The summed E-state index contributed by atoms with van der Waals surface area (Å²) in [6.45, 7) is 8.05.